The summed E-state index contributed by atoms with van der Waals surface area (Å²) < 4.78 is 0. The van der Waals surface area contributed by atoms with Crippen molar-refractivity contribution in [2.75, 3.05) is 0 Å². The van der Waals surface area contributed by atoms with E-state index in [0.717, 1.165) is 38.5 Å². The van der Waals surface area contributed by atoms with Crippen molar-refractivity contribution in [2.45, 2.75) is 184 Å². The second-order valence-electron chi connectivity index (χ2n) is 21.2. The molecule has 0 aliphatic heterocycles. The molecule has 0 amide bonds. The quantitative estimate of drug-likeness (QED) is 0.154. The maximum absolute atomic E-state index is 3.67. The molecule has 0 spiro atoms. The molecule has 4 aromatic carbocycles. The average Bonchev–Trinajstić information content (AvgIpc) is 4.00. The molecule has 0 N–H and O–H groups in total. The van der Waals surface area contributed by atoms with Crippen LogP contribution in [0.4, 0.5) is 0 Å². The molecule has 4 aliphatic rings. The predicted molar refractivity (Wildman–Crippen MR) is 262 cm³/mol. The number of allylic oxidation sites excluding steroid dienone is 8. The van der Waals surface area contributed by atoms with Crippen LogP contribution in [0.25, 0.3) is 22.3 Å². The van der Waals surface area contributed by atoms with Gasteiger partial charge in [-0.05, 0) is 56.8 Å². The standard InChI is InChI=1S/2C21H25.2C9H13.2ClH.2Zr/c2*1-20(2,3)16-7-9-18-14(12-16)11-15-13-17(21(4,5)6)8-10-19(15)18;2*1-3-8-6-5-7-9(8)4-2;;;;/h2*7-10,12H,11H2,1-6H3;2*6H,3-5H2,1-2H3;2*1H;;/q4*-1;;;2*+2/p-2. The molecular weight excluding hydrogens is 974 g/mol. The average molecular weight is 1050 g/mol. The van der Waals surface area contributed by atoms with E-state index in [2.05, 4.69) is 208 Å². The topological polar surface area (TPSA) is 0 Å². The number of benzene rings is 4. The van der Waals surface area contributed by atoms with Gasteiger partial charge in [0.25, 0.3) is 0 Å². The Bertz CT molecular complexity index is 1970. The number of halogens is 2. The predicted octanol–water partition coefficient (Wildman–Crippen LogP) is 11.0. The third-order valence-corrected chi connectivity index (χ3v) is 12.5. The molecule has 0 fully saturated rings. The van der Waals surface area contributed by atoms with E-state index in [1.165, 1.54) is 102 Å². The van der Waals surface area contributed by atoms with Gasteiger partial charge in [-0.3, -0.25) is 12.2 Å². The molecule has 4 aromatic rings. The molecule has 4 heteroatoms. The molecule has 0 saturated carbocycles. The summed E-state index contributed by atoms with van der Waals surface area (Å²) in [6.07, 6.45) is 20.0. The van der Waals surface area contributed by atoms with Crippen molar-refractivity contribution in [2.24, 2.45) is 0 Å². The fourth-order valence-corrected chi connectivity index (χ4v) is 8.54. The molecule has 0 radical (unpaired) electrons. The van der Waals surface area contributed by atoms with Gasteiger partial charge >= 0.3 is 52.4 Å². The summed E-state index contributed by atoms with van der Waals surface area (Å²) in [5.74, 6) is 0. The second kappa shape index (κ2) is 25.0. The third-order valence-electron chi connectivity index (χ3n) is 12.5. The maximum atomic E-state index is 3.67. The first-order valence-corrected chi connectivity index (χ1v) is 23.1. The molecule has 0 atom stereocenters. The van der Waals surface area contributed by atoms with Gasteiger partial charge in [0.05, 0.1) is 0 Å². The molecule has 0 unspecified atom stereocenters. The van der Waals surface area contributed by atoms with E-state index in [0.29, 0.717) is 0 Å². The Morgan fingerprint density at radius 3 is 1.02 bits per heavy atom. The Kier molecular flexibility index (Phi) is 23.5. The summed E-state index contributed by atoms with van der Waals surface area (Å²) in [5, 5.41) is 0. The van der Waals surface area contributed by atoms with Crippen molar-refractivity contribution < 1.29 is 77.2 Å². The second-order valence-corrected chi connectivity index (χ2v) is 21.2. The molecule has 8 rings (SSSR count). The zero-order chi connectivity index (χ0) is 44.2. The van der Waals surface area contributed by atoms with Gasteiger partial charge in [0.1, 0.15) is 0 Å². The van der Waals surface area contributed by atoms with Gasteiger partial charge in [0, 0.05) is 0 Å². The monoisotopic (exact) mass is 1050 g/mol. The summed E-state index contributed by atoms with van der Waals surface area (Å²) in [6, 6.07) is 30.3. The van der Waals surface area contributed by atoms with Crippen LogP contribution < -0.4 is 24.8 Å². The summed E-state index contributed by atoms with van der Waals surface area (Å²) in [7, 11) is 0. The van der Waals surface area contributed by atoms with E-state index in [4.69, 9.17) is 0 Å². The van der Waals surface area contributed by atoms with Crippen LogP contribution in [0.5, 0.6) is 0 Å². The molecule has 0 nitrogen and oxygen atoms in total. The van der Waals surface area contributed by atoms with Gasteiger partial charge in [-0.25, -0.2) is 11.1 Å². The van der Waals surface area contributed by atoms with E-state index in [9.17, 15) is 0 Å². The fraction of sp³-hybridized carbons (Fsp3) is 0.467. The van der Waals surface area contributed by atoms with Crippen LogP contribution >= 0.6 is 0 Å². The molecule has 4 aliphatic carbocycles. The van der Waals surface area contributed by atoms with Crippen LogP contribution in [-0.2, 0) is 86.9 Å². The van der Waals surface area contributed by atoms with Gasteiger partial charge in [-0.1, -0.05) is 184 Å². The molecule has 340 valence electrons. The first-order valence-electron chi connectivity index (χ1n) is 23.1. The molecule has 0 aromatic heterocycles. The van der Waals surface area contributed by atoms with Crippen LogP contribution in [-0.4, -0.2) is 0 Å². The van der Waals surface area contributed by atoms with E-state index in [-0.39, 0.29) is 98.9 Å². The largest absolute Gasteiger partial charge is 2.00 e. The SMILES string of the molecule is CC(C)(C)c1[c-]c2c(cc1)-c1ccc(C(C)(C)C)cc1C2.CC(C)(C)c1[c-]c2c(cc1)-c1ccc(C(C)(C)C)cc1C2.CCC1=[C-]CC=C1CC.CCC1=[C-]CC=C1CC.[Cl-].[Cl-].[Zr+2].[Zr+2]. The zero-order valence-corrected chi connectivity index (χ0v) is 48.8. The van der Waals surface area contributed by atoms with Crippen LogP contribution in [0, 0.1) is 24.3 Å². The van der Waals surface area contributed by atoms with Crippen molar-refractivity contribution in [3.05, 3.63) is 164 Å². The summed E-state index contributed by atoms with van der Waals surface area (Å²) >= 11 is 0. The minimum Gasteiger partial charge on any atom is -1.00 e. The van der Waals surface area contributed by atoms with Gasteiger partial charge in [-0.15, -0.1) is 35.1 Å². The first-order chi connectivity index (χ1) is 28.1. The summed E-state index contributed by atoms with van der Waals surface area (Å²) in [5.41, 5.74) is 23.3. The van der Waals surface area contributed by atoms with E-state index < -0.39 is 0 Å². The summed E-state index contributed by atoms with van der Waals surface area (Å²) in [6.45, 7) is 36.0. The molecule has 64 heavy (non-hydrogen) atoms. The minimum absolute atomic E-state index is 0. The van der Waals surface area contributed by atoms with Crippen molar-refractivity contribution >= 4 is 0 Å². The number of hydrogen-bond donors (Lipinski definition) is 0. The van der Waals surface area contributed by atoms with Crippen LogP contribution in [0.1, 0.15) is 194 Å². The fourth-order valence-electron chi connectivity index (χ4n) is 8.54. The van der Waals surface area contributed by atoms with Gasteiger partial charge in [0.15, 0.2) is 0 Å². The Morgan fingerprint density at radius 2 is 0.750 bits per heavy atom. The Morgan fingerprint density at radius 1 is 0.422 bits per heavy atom. The van der Waals surface area contributed by atoms with E-state index in [1.807, 2.05) is 0 Å². The summed E-state index contributed by atoms with van der Waals surface area (Å²) in [4.78, 5) is 0. The van der Waals surface area contributed by atoms with Crippen LogP contribution in [0.15, 0.2) is 95.1 Å². The van der Waals surface area contributed by atoms with Crippen LogP contribution in [0.2, 0.25) is 0 Å². The molecule has 0 bridgehead atoms. The van der Waals surface area contributed by atoms with Crippen molar-refractivity contribution in [3.8, 4) is 22.3 Å². The number of fused-ring (bicyclic) bond motifs is 6. The third kappa shape index (κ3) is 15.1. The Labute approximate surface area is 443 Å². The Hall–Kier alpha value is -1.81. The van der Waals surface area contributed by atoms with E-state index >= 15 is 0 Å². The van der Waals surface area contributed by atoms with Crippen molar-refractivity contribution in [1.29, 1.82) is 0 Å². The van der Waals surface area contributed by atoms with Crippen molar-refractivity contribution in [1.82, 2.24) is 0 Å². The maximum Gasteiger partial charge on any atom is 2.00 e. The normalized spacial score (nSPS) is 14.1. The molecule has 0 heterocycles. The smallest absolute Gasteiger partial charge is 1.00 e. The zero-order valence-electron chi connectivity index (χ0n) is 42.3. The number of hydrogen-bond acceptors (Lipinski definition) is 0. The van der Waals surface area contributed by atoms with Gasteiger partial charge in [0.2, 0.25) is 0 Å². The van der Waals surface area contributed by atoms with E-state index in [1.54, 1.807) is 0 Å². The van der Waals surface area contributed by atoms with Crippen molar-refractivity contribution in [3.63, 3.8) is 0 Å². The molecule has 0 saturated heterocycles. The first kappa shape index (κ1) is 60.2. The minimum atomic E-state index is 0. The molecular formula is C60H76Cl2Zr2-2. The number of rotatable bonds is 4. The van der Waals surface area contributed by atoms with Gasteiger partial charge < -0.3 is 24.8 Å². The van der Waals surface area contributed by atoms with Gasteiger partial charge in [-0.2, -0.15) is 70.8 Å². The Balaban J connectivity index is 0.000000447. The van der Waals surface area contributed by atoms with Crippen LogP contribution in [0.3, 0.4) is 0 Å².